The van der Waals surface area contributed by atoms with E-state index in [2.05, 4.69) is 69.2 Å². The molecule has 112 valence electrons. The lowest BCUT2D eigenvalue weighted by molar-refractivity contribution is 0.242. The maximum Gasteiger partial charge on any atom is 0.119 e. The first-order valence-corrected chi connectivity index (χ1v) is 7.68. The van der Waals surface area contributed by atoms with Crippen molar-refractivity contribution in [3.8, 4) is 5.75 Å². The maximum absolute atomic E-state index is 5.68. The van der Waals surface area contributed by atoms with Crippen molar-refractivity contribution in [3.05, 3.63) is 29.8 Å². The highest BCUT2D eigenvalue weighted by atomic mass is 16.5. The number of hydrogen-bond donors (Lipinski definition) is 1. The topological polar surface area (TPSA) is 24.5 Å². The van der Waals surface area contributed by atoms with Crippen molar-refractivity contribution in [1.82, 2.24) is 10.2 Å². The van der Waals surface area contributed by atoms with E-state index in [4.69, 9.17) is 4.74 Å². The Bertz CT molecular complexity index is 406. The van der Waals surface area contributed by atoms with Crippen LogP contribution in [0.3, 0.4) is 0 Å². The zero-order valence-electron chi connectivity index (χ0n) is 13.4. The van der Waals surface area contributed by atoms with Crippen LogP contribution >= 0.6 is 0 Å². The van der Waals surface area contributed by atoms with Crippen LogP contribution in [0.25, 0.3) is 0 Å². The number of benzene rings is 1. The number of rotatable bonds is 5. The molecule has 0 saturated carbocycles. The van der Waals surface area contributed by atoms with Crippen LogP contribution in [-0.4, -0.2) is 36.7 Å². The number of hydrogen-bond acceptors (Lipinski definition) is 3. The third-order valence-electron chi connectivity index (χ3n) is 4.12. The Morgan fingerprint density at radius 1 is 1.20 bits per heavy atom. The molecular weight excluding hydrogens is 248 g/mol. The second-order valence-corrected chi connectivity index (χ2v) is 6.35. The predicted molar refractivity (Wildman–Crippen MR) is 84.3 cm³/mol. The van der Waals surface area contributed by atoms with Crippen LogP contribution in [0.2, 0.25) is 0 Å². The molecule has 0 amide bonds. The van der Waals surface area contributed by atoms with Gasteiger partial charge in [0.2, 0.25) is 0 Å². The summed E-state index contributed by atoms with van der Waals surface area (Å²) in [6.45, 7) is 9.78. The summed E-state index contributed by atoms with van der Waals surface area (Å²) in [6, 6.07) is 10.1. The molecule has 1 N–H and O–H groups in total. The minimum Gasteiger partial charge on any atom is -0.491 e. The largest absolute Gasteiger partial charge is 0.491 e. The summed E-state index contributed by atoms with van der Waals surface area (Å²) in [5, 5.41) is 3.73. The van der Waals surface area contributed by atoms with Gasteiger partial charge in [-0.15, -0.1) is 0 Å². The van der Waals surface area contributed by atoms with E-state index in [1.165, 1.54) is 12.0 Å². The van der Waals surface area contributed by atoms with Crippen molar-refractivity contribution in [2.24, 2.45) is 0 Å². The van der Waals surface area contributed by atoms with E-state index in [1.807, 2.05) is 0 Å². The van der Waals surface area contributed by atoms with E-state index in [1.54, 1.807) is 0 Å². The van der Waals surface area contributed by atoms with Crippen molar-refractivity contribution < 1.29 is 4.74 Å². The molecule has 1 fully saturated rings. The Morgan fingerprint density at radius 2 is 1.85 bits per heavy atom. The van der Waals surface area contributed by atoms with Crippen molar-refractivity contribution in [2.75, 3.05) is 13.6 Å². The summed E-state index contributed by atoms with van der Waals surface area (Å²) in [5.41, 5.74) is 1.32. The molecule has 3 unspecified atom stereocenters. The highest BCUT2D eigenvalue weighted by molar-refractivity contribution is 5.29. The first kappa shape index (κ1) is 15.3. The molecule has 0 aliphatic carbocycles. The van der Waals surface area contributed by atoms with E-state index < -0.39 is 0 Å². The van der Waals surface area contributed by atoms with Crippen LogP contribution in [0.4, 0.5) is 0 Å². The standard InChI is InChI=1S/C17H28N2O/c1-12(2)20-17-8-6-15(7-9-17)14(4)18-16-10-13(3)19(5)11-16/h6-9,12-14,16,18H,10-11H2,1-5H3. The van der Waals surface area contributed by atoms with Gasteiger partial charge in [0.25, 0.3) is 0 Å². The van der Waals surface area contributed by atoms with Crippen molar-refractivity contribution in [1.29, 1.82) is 0 Å². The second kappa shape index (κ2) is 6.59. The third kappa shape index (κ3) is 3.97. The van der Waals surface area contributed by atoms with Crippen molar-refractivity contribution in [2.45, 2.75) is 58.3 Å². The van der Waals surface area contributed by atoms with E-state index >= 15 is 0 Å². The second-order valence-electron chi connectivity index (χ2n) is 6.35. The van der Waals surface area contributed by atoms with Crippen LogP contribution in [0.1, 0.15) is 45.7 Å². The molecule has 20 heavy (non-hydrogen) atoms. The monoisotopic (exact) mass is 276 g/mol. The smallest absolute Gasteiger partial charge is 0.119 e. The molecule has 0 aromatic heterocycles. The first-order valence-electron chi connectivity index (χ1n) is 7.68. The quantitative estimate of drug-likeness (QED) is 0.893. The Labute approximate surface area is 123 Å². The van der Waals surface area contributed by atoms with E-state index in [-0.39, 0.29) is 6.10 Å². The van der Waals surface area contributed by atoms with E-state index in [9.17, 15) is 0 Å². The van der Waals surface area contributed by atoms with Crippen LogP contribution in [0.15, 0.2) is 24.3 Å². The maximum atomic E-state index is 5.68. The highest BCUT2D eigenvalue weighted by Gasteiger charge is 2.26. The fourth-order valence-corrected chi connectivity index (χ4v) is 2.87. The lowest BCUT2D eigenvalue weighted by Crippen LogP contribution is -2.33. The number of ether oxygens (including phenoxy) is 1. The Hall–Kier alpha value is -1.06. The minimum absolute atomic E-state index is 0.229. The highest BCUT2D eigenvalue weighted by Crippen LogP contribution is 2.22. The Kier molecular flexibility index (Phi) is 5.06. The summed E-state index contributed by atoms with van der Waals surface area (Å²) in [4.78, 5) is 2.42. The molecule has 3 heteroatoms. The number of nitrogens with zero attached hydrogens (tertiary/aromatic N) is 1. The SMILES string of the molecule is CC(C)Oc1ccc(C(C)NC2CC(C)N(C)C2)cc1. The number of likely N-dealkylation sites (tertiary alicyclic amines) is 1. The molecule has 1 aliphatic rings. The van der Waals surface area contributed by atoms with Gasteiger partial charge in [0.1, 0.15) is 5.75 Å². The van der Waals surface area contributed by atoms with Gasteiger partial charge in [-0.3, -0.25) is 0 Å². The average molecular weight is 276 g/mol. The molecule has 0 bridgehead atoms. The molecule has 1 heterocycles. The van der Waals surface area contributed by atoms with Crippen LogP contribution in [0.5, 0.6) is 5.75 Å². The molecular formula is C17H28N2O. The van der Waals surface area contributed by atoms with Gasteiger partial charge >= 0.3 is 0 Å². The fraction of sp³-hybridized carbons (Fsp3) is 0.647. The zero-order valence-corrected chi connectivity index (χ0v) is 13.4. The van der Waals surface area contributed by atoms with Gasteiger partial charge in [-0.25, -0.2) is 0 Å². The van der Waals surface area contributed by atoms with Gasteiger partial charge in [0.15, 0.2) is 0 Å². The molecule has 1 aromatic carbocycles. The normalized spacial score (nSPS) is 25.1. The van der Waals surface area contributed by atoms with Gasteiger partial charge in [0, 0.05) is 24.7 Å². The molecule has 1 aliphatic heterocycles. The van der Waals surface area contributed by atoms with Gasteiger partial charge in [0.05, 0.1) is 6.10 Å². The summed E-state index contributed by atoms with van der Waals surface area (Å²) < 4.78 is 5.68. The molecule has 1 aromatic rings. The van der Waals surface area contributed by atoms with Gasteiger partial charge in [-0.05, 0) is 58.9 Å². The molecule has 2 rings (SSSR count). The molecule has 0 spiro atoms. The Morgan fingerprint density at radius 3 is 2.35 bits per heavy atom. The van der Waals surface area contributed by atoms with Crippen LogP contribution in [-0.2, 0) is 0 Å². The molecule has 3 nitrogen and oxygen atoms in total. The zero-order chi connectivity index (χ0) is 14.7. The van der Waals surface area contributed by atoms with Gasteiger partial charge < -0.3 is 15.0 Å². The minimum atomic E-state index is 0.229. The summed E-state index contributed by atoms with van der Waals surface area (Å²) in [7, 11) is 2.20. The fourth-order valence-electron chi connectivity index (χ4n) is 2.87. The van der Waals surface area contributed by atoms with Crippen LogP contribution < -0.4 is 10.1 Å². The summed E-state index contributed by atoms with van der Waals surface area (Å²) in [6.07, 6.45) is 1.46. The summed E-state index contributed by atoms with van der Waals surface area (Å²) >= 11 is 0. The molecule has 0 radical (unpaired) electrons. The van der Waals surface area contributed by atoms with Gasteiger partial charge in [-0.2, -0.15) is 0 Å². The number of nitrogens with one attached hydrogen (secondary N) is 1. The average Bonchev–Trinajstić information content (AvgIpc) is 2.68. The van der Waals surface area contributed by atoms with Crippen molar-refractivity contribution >= 4 is 0 Å². The van der Waals surface area contributed by atoms with E-state index in [0.29, 0.717) is 18.1 Å². The Balaban J connectivity index is 1.91. The van der Waals surface area contributed by atoms with Crippen molar-refractivity contribution in [3.63, 3.8) is 0 Å². The first-order chi connectivity index (χ1) is 9.45. The lowest BCUT2D eigenvalue weighted by Gasteiger charge is -2.20. The summed E-state index contributed by atoms with van der Waals surface area (Å²) in [5.74, 6) is 0.949. The van der Waals surface area contributed by atoms with Crippen LogP contribution in [0, 0.1) is 0 Å². The van der Waals surface area contributed by atoms with E-state index in [0.717, 1.165) is 12.3 Å². The number of likely N-dealkylation sites (N-methyl/N-ethyl adjacent to an activating group) is 1. The third-order valence-corrected chi connectivity index (χ3v) is 4.12. The molecule has 1 saturated heterocycles. The molecule has 3 atom stereocenters. The predicted octanol–water partition coefficient (Wildman–Crippen LogP) is 3.22. The van der Waals surface area contributed by atoms with Gasteiger partial charge in [-0.1, -0.05) is 12.1 Å². The lowest BCUT2D eigenvalue weighted by atomic mass is 10.1.